The van der Waals surface area contributed by atoms with Crippen molar-refractivity contribution in [2.75, 3.05) is 20.3 Å². The lowest BCUT2D eigenvalue weighted by Crippen LogP contribution is -2.33. The largest absolute Gasteiger partial charge is 0.494 e. The minimum absolute atomic E-state index is 0.366. The number of carbonyl (C=O) groups excluding carboxylic acids is 1. The third-order valence-corrected chi connectivity index (χ3v) is 2.50. The SMILES string of the molecule is CCCOc1ccc(OCCC(N)C(=O)OC)cc1. The van der Waals surface area contributed by atoms with Crippen LogP contribution in [0.1, 0.15) is 19.8 Å². The Kier molecular flexibility index (Phi) is 6.74. The van der Waals surface area contributed by atoms with Crippen LogP contribution in [0.3, 0.4) is 0 Å². The van der Waals surface area contributed by atoms with Crippen molar-refractivity contribution in [3.63, 3.8) is 0 Å². The Morgan fingerprint density at radius 2 is 1.68 bits per heavy atom. The van der Waals surface area contributed by atoms with Gasteiger partial charge in [-0.25, -0.2) is 0 Å². The minimum atomic E-state index is -0.642. The van der Waals surface area contributed by atoms with Crippen LogP contribution < -0.4 is 15.2 Å². The summed E-state index contributed by atoms with van der Waals surface area (Å²) < 4.78 is 15.5. The molecule has 0 aliphatic heterocycles. The van der Waals surface area contributed by atoms with Gasteiger partial charge in [0, 0.05) is 6.42 Å². The molecule has 0 heterocycles. The molecule has 1 unspecified atom stereocenters. The Balaban J connectivity index is 2.31. The van der Waals surface area contributed by atoms with Crippen LogP contribution in [-0.2, 0) is 9.53 Å². The van der Waals surface area contributed by atoms with Crippen molar-refractivity contribution in [1.82, 2.24) is 0 Å². The molecule has 19 heavy (non-hydrogen) atoms. The number of hydrogen-bond donors (Lipinski definition) is 1. The molecular formula is C14H21NO4. The molecular weight excluding hydrogens is 246 g/mol. The zero-order valence-electron chi connectivity index (χ0n) is 11.4. The summed E-state index contributed by atoms with van der Waals surface area (Å²) in [6.07, 6.45) is 1.39. The average molecular weight is 267 g/mol. The number of esters is 1. The molecule has 106 valence electrons. The van der Waals surface area contributed by atoms with Gasteiger partial charge in [0.15, 0.2) is 0 Å². The smallest absolute Gasteiger partial charge is 0.322 e. The second kappa shape index (κ2) is 8.37. The maximum Gasteiger partial charge on any atom is 0.322 e. The van der Waals surface area contributed by atoms with Crippen molar-refractivity contribution >= 4 is 5.97 Å². The summed E-state index contributed by atoms with van der Waals surface area (Å²) in [4.78, 5) is 11.1. The fraction of sp³-hybridized carbons (Fsp3) is 0.500. The lowest BCUT2D eigenvalue weighted by Gasteiger charge is -2.11. The molecule has 0 amide bonds. The van der Waals surface area contributed by atoms with Gasteiger partial charge in [0.1, 0.15) is 17.5 Å². The highest BCUT2D eigenvalue weighted by Crippen LogP contribution is 2.17. The van der Waals surface area contributed by atoms with Gasteiger partial charge in [-0.2, -0.15) is 0 Å². The Bertz CT molecular complexity index is 378. The van der Waals surface area contributed by atoms with Gasteiger partial charge in [-0.15, -0.1) is 0 Å². The zero-order chi connectivity index (χ0) is 14.1. The van der Waals surface area contributed by atoms with Gasteiger partial charge in [0.25, 0.3) is 0 Å². The molecule has 0 aliphatic rings. The second-order valence-corrected chi connectivity index (χ2v) is 4.09. The average Bonchev–Trinajstić information content (AvgIpc) is 2.45. The van der Waals surface area contributed by atoms with Crippen molar-refractivity contribution in [3.8, 4) is 11.5 Å². The van der Waals surface area contributed by atoms with Gasteiger partial charge in [-0.05, 0) is 30.7 Å². The zero-order valence-corrected chi connectivity index (χ0v) is 11.4. The fourth-order valence-electron chi connectivity index (χ4n) is 1.42. The van der Waals surface area contributed by atoms with E-state index < -0.39 is 12.0 Å². The molecule has 0 fully saturated rings. The number of ether oxygens (including phenoxy) is 3. The highest BCUT2D eigenvalue weighted by atomic mass is 16.5. The van der Waals surface area contributed by atoms with Crippen LogP contribution in [0.5, 0.6) is 11.5 Å². The number of rotatable bonds is 8. The molecule has 0 saturated heterocycles. The monoisotopic (exact) mass is 267 g/mol. The predicted molar refractivity (Wildman–Crippen MR) is 72.3 cm³/mol. The lowest BCUT2D eigenvalue weighted by atomic mass is 10.2. The van der Waals surface area contributed by atoms with Crippen LogP contribution in [0.2, 0.25) is 0 Å². The molecule has 2 N–H and O–H groups in total. The van der Waals surface area contributed by atoms with Gasteiger partial charge in [0.05, 0.1) is 20.3 Å². The fourth-order valence-corrected chi connectivity index (χ4v) is 1.42. The van der Waals surface area contributed by atoms with Crippen LogP contribution in [0.15, 0.2) is 24.3 Å². The first-order valence-corrected chi connectivity index (χ1v) is 6.36. The van der Waals surface area contributed by atoms with E-state index in [9.17, 15) is 4.79 Å². The maximum absolute atomic E-state index is 11.1. The first kappa shape index (κ1) is 15.3. The maximum atomic E-state index is 11.1. The van der Waals surface area contributed by atoms with Crippen molar-refractivity contribution < 1.29 is 19.0 Å². The van der Waals surface area contributed by atoms with Crippen molar-refractivity contribution in [1.29, 1.82) is 0 Å². The van der Waals surface area contributed by atoms with E-state index in [-0.39, 0.29) is 0 Å². The van der Waals surface area contributed by atoms with Crippen LogP contribution in [0, 0.1) is 0 Å². The van der Waals surface area contributed by atoms with Gasteiger partial charge >= 0.3 is 5.97 Å². The van der Waals surface area contributed by atoms with E-state index in [2.05, 4.69) is 11.7 Å². The molecule has 1 atom stereocenters. The summed E-state index contributed by atoms with van der Waals surface area (Å²) in [5.41, 5.74) is 5.60. The molecule has 0 aliphatic carbocycles. The lowest BCUT2D eigenvalue weighted by molar-refractivity contribution is -0.142. The Morgan fingerprint density at radius 1 is 1.16 bits per heavy atom. The normalized spacial score (nSPS) is 11.7. The van der Waals surface area contributed by atoms with E-state index in [4.69, 9.17) is 15.2 Å². The van der Waals surface area contributed by atoms with E-state index in [0.29, 0.717) is 19.6 Å². The summed E-state index contributed by atoms with van der Waals surface area (Å²) in [5.74, 6) is 1.12. The molecule has 1 aromatic carbocycles. The van der Waals surface area contributed by atoms with E-state index in [1.165, 1.54) is 7.11 Å². The highest BCUT2D eigenvalue weighted by Gasteiger charge is 2.13. The molecule has 0 saturated carbocycles. The molecule has 0 spiro atoms. The molecule has 5 nitrogen and oxygen atoms in total. The molecule has 1 aromatic rings. The number of nitrogens with two attached hydrogens (primary N) is 1. The third kappa shape index (κ3) is 5.61. The molecule has 0 radical (unpaired) electrons. The first-order chi connectivity index (χ1) is 9.17. The Morgan fingerprint density at radius 3 is 2.16 bits per heavy atom. The highest BCUT2D eigenvalue weighted by molar-refractivity contribution is 5.75. The van der Waals surface area contributed by atoms with Crippen molar-refractivity contribution in [3.05, 3.63) is 24.3 Å². The summed E-state index contributed by atoms with van der Waals surface area (Å²) in [6, 6.07) is 6.72. The standard InChI is InChI=1S/C14H21NO4/c1-3-9-18-11-4-6-12(7-5-11)19-10-8-13(15)14(16)17-2/h4-7,13H,3,8-10,15H2,1-2H3. The summed E-state index contributed by atoms with van der Waals surface area (Å²) in [5, 5.41) is 0. The summed E-state index contributed by atoms with van der Waals surface area (Å²) >= 11 is 0. The Hall–Kier alpha value is -1.75. The Labute approximate surface area is 113 Å². The van der Waals surface area contributed by atoms with E-state index in [0.717, 1.165) is 17.9 Å². The van der Waals surface area contributed by atoms with E-state index >= 15 is 0 Å². The van der Waals surface area contributed by atoms with Gasteiger partial charge in [-0.3, -0.25) is 4.79 Å². The van der Waals surface area contributed by atoms with Gasteiger partial charge < -0.3 is 19.9 Å². The van der Waals surface area contributed by atoms with Crippen LogP contribution in [-0.4, -0.2) is 32.3 Å². The number of carbonyl (C=O) groups is 1. The molecule has 1 rings (SSSR count). The topological polar surface area (TPSA) is 70.8 Å². The number of methoxy groups -OCH3 is 1. The van der Waals surface area contributed by atoms with Crippen LogP contribution in [0.25, 0.3) is 0 Å². The van der Waals surface area contributed by atoms with Gasteiger partial charge in [0.2, 0.25) is 0 Å². The molecule has 0 aromatic heterocycles. The summed E-state index contributed by atoms with van der Waals surface area (Å²) in [6.45, 7) is 3.13. The minimum Gasteiger partial charge on any atom is -0.494 e. The van der Waals surface area contributed by atoms with E-state index in [1.807, 2.05) is 24.3 Å². The second-order valence-electron chi connectivity index (χ2n) is 4.09. The first-order valence-electron chi connectivity index (χ1n) is 6.36. The van der Waals surface area contributed by atoms with Crippen molar-refractivity contribution in [2.24, 2.45) is 5.73 Å². The van der Waals surface area contributed by atoms with Crippen molar-refractivity contribution in [2.45, 2.75) is 25.8 Å². The third-order valence-electron chi connectivity index (χ3n) is 2.50. The number of hydrogen-bond acceptors (Lipinski definition) is 5. The molecule has 0 bridgehead atoms. The van der Waals surface area contributed by atoms with Gasteiger partial charge in [-0.1, -0.05) is 6.92 Å². The predicted octanol–water partition coefficient (Wildman–Crippen LogP) is 1.74. The summed E-state index contributed by atoms with van der Waals surface area (Å²) in [7, 11) is 1.32. The molecule has 5 heteroatoms. The quantitative estimate of drug-likeness (QED) is 0.726. The number of benzene rings is 1. The van der Waals surface area contributed by atoms with E-state index in [1.54, 1.807) is 0 Å². The van der Waals surface area contributed by atoms with Crippen LogP contribution >= 0.6 is 0 Å². The van der Waals surface area contributed by atoms with Crippen LogP contribution in [0.4, 0.5) is 0 Å².